The van der Waals surface area contributed by atoms with Crippen LogP contribution in [-0.2, 0) is 17.8 Å². The summed E-state index contributed by atoms with van der Waals surface area (Å²) in [5.41, 5.74) is 3.34. The number of imidazole rings is 1. The van der Waals surface area contributed by atoms with Gasteiger partial charge >= 0.3 is 0 Å². The number of amides is 1. The summed E-state index contributed by atoms with van der Waals surface area (Å²) in [5.74, 6) is 0.276. The molecule has 0 unspecified atom stereocenters. The van der Waals surface area contributed by atoms with Gasteiger partial charge in [-0.2, -0.15) is 11.3 Å². The van der Waals surface area contributed by atoms with Gasteiger partial charge < -0.3 is 9.30 Å². The topological polar surface area (TPSA) is 40.9 Å². The maximum absolute atomic E-state index is 12.4. The Morgan fingerprint density at radius 1 is 1.16 bits per heavy atom. The Morgan fingerprint density at radius 3 is 2.80 bits per heavy atom. The number of pyridine rings is 1. The number of hydrogen-bond donors (Lipinski definition) is 0. The molecular weight excluding hydrogens is 332 g/mol. The molecule has 1 aliphatic heterocycles. The van der Waals surface area contributed by atoms with Crippen LogP contribution in [-0.4, -0.2) is 51.3 Å². The fourth-order valence-corrected chi connectivity index (χ4v) is 4.00. The van der Waals surface area contributed by atoms with E-state index < -0.39 is 0 Å². The monoisotopic (exact) mass is 354 g/mol. The molecule has 6 heteroatoms. The second kappa shape index (κ2) is 7.37. The molecule has 0 spiro atoms. The molecule has 3 aromatic heterocycles. The zero-order chi connectivity index (χ0) is 17.1. The Balaban J connectivity index is 1.27. The van der Waals surface area contributed by atoms with E-state index in [0.29, 0.717) is 6.42 Å². The number of aryl methyl sites for hydroxylation is 1. The van der Waals surface area contributed by atoms with Crippen molar-refractivity contribution < 1.29 is 4.79 Å². The van der Waals surface area contributed by atoms with Crippen LogP contribution in [0.5, 0.6) is 0 Å². The van der Waals surface area contributed by atoms with Gasteiger partial charge in [0, 0.05) is 51.5 Å². The number of carbonyl (C=O) groups excluding carboxylic acids is 1. The highest BCUT2D eigenvalue weighted by Crippen LogP contribution is 2.13. The van der Waals surface area contributed by atoms with Crippen molar-refractivity contribution in [1.82, 2.24) is 19.2 Å². The van der Waals surface area contributed by atoms with Crippen molar-refractivity contribution in [2.75, 3.05) is 26.2 Å². The van der Waals surface area contributed by atoms with Crippen molar-refractivity contribution in [3.05, 3.63) is 58.7 Å². The van der Waals surface area contributed by atoms with E-state index >= 15 is 0 Å². The van der Waals surface area contributed by atoms with E-state index in [1.54, 1.807) is 11.3 Å². The number of aromatic nitrogens is 2. The first-order valence-corrected chi connectivity index (χ1v) is 9.66. The standard InChI is InChI=1S/C19H22N4OS/c24-19(5-4-16-6-12-25-15-16)22-10-8-21(9-11-22)13-17-14-23-7-2-1-3-18(23)20-17/h1-3,6-7,12,14-15H,4-5,8-11,13H2. The van der Waals surface area contributed by atoms with Crippen LogP contribution in [0.3, 0.4) is 0 Å². The third kappa shape index (κ3) is 3.91. The molecule has 0 N–H and O–H groups in total. The minimum absolute atomic E-state index is 0.276. The third-order valence-electron chi connectivity index (χ3n) is 4.73. The summed E-state index contributed by atoms with van der Waals surface area (Å²) in [4.78, 5) is 21.4. The zero-order valence-corrected chi connectivity index (χ0v) is 15.0. The van der Waals surface area contributed by atoms with Gasteiger partial charge in [-0.25, -0.2) is 4.98 Å². The molecule has 25 heavy (non-hydrogen) atoms. The first kappa shape index (κ1) is 16.3. The summed E-state index contributed by atoms with van der Waals surface area (Å²) in [5, 5.41) is 4.19. The van der Waals surface area contributed by atoms with E-state index in [0.717, 1.165) is 50.5 Å². The molecule has 1 aliphatic rings. The number of piperazine rings is 1. The molecule has 1 saturated heterocycles. The fraction of sp³-hybridized carbons (Fsp3) is 0.368. The molecule has 0 atom stereocenters. The van der Waals surface area contributed by atoms with E-state index in [9.17, 15) is 4.79 Å². The fourth-order valence-electron chi connectivity index (χ4n) is 3.29. The average Bonchev–Trinajstić information content (AvgIpc) is 3.29. The van der Waals surface area contributed by atoms with Gasteiger partial charge in [-0.3, -0.25) is 9.69 Å². The molecule has 0 saturated carbocycles. The molecule has 4 rings (SSSR count). The minimum Gasteiger partial charge on any atom is -0.340 e. The van der Waals surface area contributed by atoms with Crippen LogP contribution in [0.25, 0.3) is 5.65 Å². The van der Waals surface area contributed by atoms with Crippen LogP contribution in [0.1, 0.15) is 17.7 Å². The van der Waals surface area contributed by atoms with Gasteiger partial charge in [-0.15, -0.1) is 0 Å². The summed E-state index contributed by atoms with van der Waals surface area (Å²) in [6, 6.07) is 8.14. The molecule has 0 bridgehead atoms. The quantitative estimate of drug-likeness (QED) is 0.707. The van der Waals surface area contributed by atoms with Gasteiger partial charge in [0.1, 0.15) is 5.65 Å². The zero-order valence-electron chi connectivity index (χ0n) is 14.2. The van der Waals surface area contributed by atoms with Crippen LogP contribution in [0.15, 0.2) is 47.4 Å². The Hall–Kier alpha value is -2.18. The first-order chi connectivity index (χ1) is 12.3. The van der Waals surface area contributed by atoms with Crippen LogP contribution in [0.2, 0.25) is 0 Å². The number of hydrogen-bond acceptors (Lipinski definition) is 4. The lowest BCUT2D eigenvalue weighted by Crippen LogP contribution is -2.48. The molecule has 3 aromatic rings. The highest BCUT2D eigenvalue weighted by atomic mass is 32.1. The van der Waals surface area contributed by atoms with Gasteiger partial charge in [0.15, 0.2) is 0 Å². The van der Waals surface area contributed by atoms with Crippen molar-refractivity contribution in [1.29, 1.82) is 0 Å². The summed E-state index contributed by atoms with van der Waals surface area (Å²) >= 11 is 1.69. The maximum atomic E-state index is 12.4. The van der Waals surface area contributed by atoms with E-state index in [-0.39, 0.29) is 5.91 Å². The predicted octanol–water partition coefficient (Wildman–Crippen LogP) is 2.67. The highest BCUT2D eigenvalue weighted by Gasteiger charge is 2.21. The van der Waals surface area contributed by atoms with E-state index in [1.165, 1.54) is 5.56 Å². The molecule has 0 radical (unpaired) electrons. The SMILES string of the molecule is O=C(CCc1ccsc1)N1CCN(Cc2cn3ccccc3n2)CC1. The lowest BCUT2D eigenvalue weighted by atomic mass is 10.1. The van der Waals surface area contributed by atoms with Crippen molar-refractivity contribution in [2.45, 2.75) is 19.4 Å². The van der Waals surface area contributed by atoms with Crippen LogP contribution in [0.4, 0.5) is 0 Å². The van der Waals surface area contributed by atoms with Gasteiger partial charge in [0.05, 0.1) is 5.69 Å². The molecule has 1 amide bonds. The molecule has 1 fully saturated rings. The summed E-state index contributed by atoms with van der Waals surface area (Å²) in [7, 11) is 0. The van der Waals surface area contributed by atoms with Crippen LogP contribution >= 0.6 is 11.3 Å². The largest absolute Gasteiger partial charge is 0.340 e. The number of nitrogens with zero attached hydrogens (tertiary/aromatic N) is 4. The Kier molecular flexibility index (Phi) is 4.81. The smallest absolute Gasteiger partial charge is 0.222 e. The normalized spacial score (nSPS) is 15.8. The maximum Gasteiger partial charge on any atom is 0.222 e. The van der Waals surface area contributed by atoms with Crippen molar-refractivity contribution in [3.8, 4) is 0 Å². The van der Waals surface area contributed by atoms with Crippen molar-refractivity contribution >= 4 is 22.9 Å². The second-order valence-electron chi connectivity index (χ2n) is 6.49. The van der Waals surface area contributed by atoms with E-state index in [2.05, 4.69) is 37.3 Å². The highest BCUT2D eigenvalue weighted by molar-refractivity contribution is 7.07. The van der Waals surface area contributed by atoms with Crippen LogP contribution < -0.4 is 0 Å². The predicted molar refractivity (Wildman–Crippen MR) is 99.7 cm³/mol. The summed E-state index contributed by atoms with van der Waals surface area (Å²) in [6.45, 7) is 4.31. The second-order valence-corrected chi connectivity index (χ2v) is 7.27. The molecule has 4 heterocycles. The van der Waals surface area contributed by atoms with E-state index in [1.807, 2.05) is 29.3 Å². The Labute approximate surface area is 151 Å². The third-order valence-corrected chi connectivity index (χ3v) is 5.46. The molecule has 0 aliphatic carbocycles. The number of fused-ring (bicyclic) bond motifs is 1. The molecule has 0 aromatic carbocycles. The van der Waals surface area contributed by atoms with Gasteiger partial charge in [-0.1, -0.05) is 6.07 Å². The lowest BCUT2D eigenvalue weighted by Gasteiger charge is -2.34. The van der Waals surface area contributed by atoms with Crippen LogP contribution in [0, 0.1) is 0 Å². The lowest BCUT2D eigenvalue weighted by molar-refractivity contribution is -0.133. The number of thiophene rings is 1. The average molecular weight is 354 g/mol. The number of carbonyl (C=O) groups is 1. The summed E-state index contributed by atoms with van der Waals surface area (Å²) < 4.78 is 2.06. The Bertz CT molecular complexity index is 801. The Morgan fingerprint density at radius 2 is 2.04 bits per heavy atom. The van der Waals surface area contributed by atoms with Crippen molar-refractivity contribution in [3.63, 3.8) is 0 Å². The van der Waals surface area contributed by atoms with Gasteiger partial charge in [-0.05, 0) is 40.9 Å². The molecule has 5 nitrogen and oxygen atoms in total. The van der Waals surface area contributed by atoms with Crippen molar-refractivity contribution in [2.24, 2.45) is 0 Å². The first-order valence-electron chi connectivity index (χ1n) is 8.72. The summed E-state index contributed by atoms with van der Waals surface area (Å²) in [6.07, 6.45) is 5.58. The minimum atomic E-state index is 0.276. The van der Waals surface area contributed by atoms with E-state index in [4.69, 9.17) is 0 Å². The molecule has 130 valence electrons. The van der Waals surface area contributed by atoms with Gasteiger partial charge in [0.2, 0.25) is 5.91 Å². The number of rotatable bonds is 5. The van der Waals surface area contributed by atoms with Gasteiger partial charge in [0.25, 0.3) is 0 Å². The molecular formula is C19H22N4OS.